The summed E-state index contributed by atoms with van der Waals surface area (Å²) in [5, 5.41) is 8.42. The first-order chi connectivity index (χ1) is 7.50. The number of hydrogen-bond donors (Lipinski definition) is 1. The molecule has 1 N–H and O–H groups in total. The van der Waals surface area contributed by atoms with Crippen molar-refractivity contribution in [1.29, 1.82) is 0 Å². The SMILES string of the molecule is Cc1cccc(OC(=O)CCC(=O)O)c1C. The van der Waals surface area contributed by atoms with Crippen LogP contribution in [0.3, 0.4) is 0 Å². The van der Waals surface area contributed by atoms with Crippen LogP contribution in [0.1, 0.15) is 24.0 Å². The van der Waals surface area contributed by atoms with E-state index in [1.165, 1.54) is 0 Å². The molecular weight excluding hydrogens is 208 g/mol. The second kappa shape index (κ2) is 5.30. The van der Waals surface area contributed by atoms with Gasteiger partial charge in [-0.2, -0.15) is 0 Å². The average molecular weight is 222 g/mol. The highest BCUT2D eigenvalue weighted by Crippen LogP contribution is 2.20. The zero-order valence-electron chi connectivity index (χ0n) is 9.32. The number of esters is 1. The molecule has 0 aliphatic carbocycles. The van der Waals surface area contributed by atoms with Crippen LogP contribution in [0.15, 0.2) is 18.2 Å². The van der Waals surface area contributed by atoms with Crippen LogP contribution < -0.4 is 4.74 Å². The first-order valence-corrected chi connectivity index (χ1v) is 4.99. The van der Waals surface area contributed by atoms with Crippen molar-refractivity contribution in [1.82, 2.24) is 0 Å². The third-order valence-electron chi connectivity index (χ3n) is 2.32. The van der Waals surface area contributed by atoms with E-state index in [-0.39, 0.29) is 12.8 Å². The van der Waals surface area contributed by atoms with Crippen LogP contribution in [0.4, 0.5) is 0 Å². The van der Waals surface area contributed by atoms with Crippen molar-refractivity contribution in [2.24, 2.45) is 0 Å². The number of carbonyl (C=O) groups excluding carboxylic acids is 1. The quantitative estimate of drug-likeness (QED) is 0.625. The number of carboxylic acids is 1. The van der Waals surface area contributed by atoms with Gasteiger partial charge in [-0.3, -0.25) is 9.59 Å². The van der Waals surface area contributed by atoms with E-state index in [0.717, 1.165) is 11.1 Å². The standard InChI is InChI=1S/C12H14O4/c1-8-4-3-5-10(9(8)2)16-12(15)7-6-11(13)14/h3-5H,6-7H2,1-2H3,(H,13,14). The minimum absolute atomic E-state index is 0.108. The van der Waals surface area contributed by atoms with E-state index < -0.39 is 11.9 Å². The van der Waals surface area contributed by atoms with Gasteiger partial charge in [0.25, 0.3) is 0 Å². The highest BCUT2D eigenvalue weighted by atomic mass is 16.5. The smallest absolute Gasteiger partial charge is 0.311 e. The summed E-state index contributed by atoms with van der Waals surface area (Å²) in [6.07, 6.45) is -0.313. The lowest BCUT2D eigenvalue weighted by molar-refractivity contribution is -0.142. The number of ether oxygens (including phenoxy) is 1. The molecule has 0 fully saturated rings. The topological polar surface area (TPSA) is 63.6 Å². The van der Waals surface area contributed by atoms with Crippen LogP contribution in [0.25, 0.3) is 0 Å². The highest BCUT2D eigenvalue weighted by Gasteiger charge is 2.10. The van der Waals surface area contributed by atoms with E-state index in [4.69, 9.17) is 9.84 Å². The predicted molar refractivity (Wildman–Crippen MR) is 58.4 cm³/mol. The molecule has 0 spiro atoms. The Morgan fingerprint density at radius 3 is 2.56 bits per heavy atom. The molecule has 4 heteroatoms. The summed E-state index contributed by atoms with van der Waals surface area (Å²) in [5.41, 5.74) is 1.93. The third-order valence-corrected chi connectivity index (χ3v) is 2.32. The molecular formula is C12H14O4. The van der Waals surface area contributed by atoms with Crippen molar-refractivity contribution in [2.75, 3.05) is 0 Å². The van der Waals surface area contributed by atoms with E-state index in [1.54, 1.807) is 12.1 Å². The molecule has 1 aromatic carbocycles. The van der Waals surface area contributed by atoms with Gasteiger partial charge in [0.15, 0.2) is 0 Å². The normalized spacial score (nSPS) is 9.88. The number of carbonyl (C=O) groups is 2. The van der Waals surface area contributed by atoms with E-state index in [2.05, 4.69) is 0 Å². The molecule has 0 radical (unpaired) electrons. The van der Waals surface area contributed by atoms with E-state index in [0.29, 0.717) is 5.75 Å². The largest absolute Gasteiger partial charge is 0.481 e. The number of benzene rings is 1. The van der Waals surface area contributed by atoms with Gasteiger partial charge in [0.1, 0.15) is 5.75 Å². The van der Waals surface area contributed by atoms with Gasteiger partial charge in [-0.1, -0.05) is 12.1 Å². The first-order valence-electron chi connectivity index (χ1n) is 4.99. The molecule has 0 heterocycles. The molecule has 0 aliphatic rings. The maximum Gasteiger partial charge on any atom is 0.311 e. The summed E-state index contributed by atoms with van der Waals surface area (Å²) in [5.74, 6) is -1.02. The Balaban J connectivity index is 2.63. The van der Waals surface area contributed by atoms with Gasteiger partial charge in [-0.15, -0.1) is 0 Å². The fourth-order valence-corrected chi connectivity index (χ4v) is 1.22. The number of aryl methyl sites for hydroxylation is 1. The Morgan fingerprint density at radius 1 is 1.25 bits per heavy atom. The molecule has 0 bridgehead atoms. The zero-order chi connectivity index (χ0) is 12.1. The Morgan fingerprint density at radius 2 is 1.94 bits per heavy atom. The van der Waals surface area contributed by atoms with Gasteiger partial charge < -0.3 is 9.84 Å². The van der Waals surface area contributed by atoms with Gasteiger partial charge in [0.2, 0.25) is 0 Å². The lowest BCUT2D eigenvalue weighted by atomic mass is 10.1. The Hall–Kier alpha value is -1.84. The van der Waals surface area contributed by atoms with Crippen LogP contribution in [0.2, 0.25) is 0 Å². The van der Waals surface area contributed by atoms with Crippen molar-refractivity contribution < 1.29 is 19.4 Å². The predicted octanol–water partition coefficient (Wildman–Crippen LogP) is 2.07. The van der Waals surface area contributed by atoms with E-state index in [9.17, 15) is 9.59 Å². The molecule has 0 atom stereocenters. The van der Waals surface area contributed by atoms with Gasteiger partial charge >= 0.3 is 11.9 Å². The summed E-state index contributed by atoms with van der Waals surface area (Å²) in [6.45, 7) is 3.78. The molecule has 1 aromatic rings. The van der Waals surface area contributed by atoms with E-state index in [1.807, 2.05) is 19.9 Å². The third kappa shape index (κ3) is 3.38. The molecule has 0 saturated heterocycles. The molecule has 0 saturated carbocycles. The van der Waals surface area contributed by atoms with Crippen molar-refractivity contribution >= 4 is 11.9 Å². The maximum absolute atomic E-state index is 11.3. The Bertz CT molecular complexity index is 409. The summed E-state index contributed by atoms with van der Waals surface area (Å²) in [4.78, 5) is 21.6. The fraction of sp³-hybridized carbons (Fsp3) is 0.333. The van der Waals surface area contributed by atoms with Crippen LogP contribution >= 0.6 is 0 Å². The van der Waals surface area contributed by atoms with Crippen molar-refractivity contribution in [3.63, 3.8) is 0 Å². The molecule has 1 rings (SSSR count). The summed E-state index contributed by atoms with van der Waals surface area (Å²) in [7, 11) is 0. The van der Waals surface area contributed by atoms with Gasteiger partial charge in [-0.25, -0.2) is 0 Å². The summed E-state index contributed by atoms with van der Waals surface area (Å²) < 4.78 is 5.07. The molecule has 0 aromatic heterocycles. The van der Waals surface area contributed by atoms with Crippen LogP contribution in [0.5, 0.6) is 5.75 Å². The highest BCUT2D eigenvalue weighted by molar-refractivity contribution is 5.78. The van der Waals surface area contributed by atoms with Crippen LogP contribution in [-0.2, 0) is 9.59 Å². The van der Waals surface area contributed by atoms with Gasteiger partial charge in [0.05, 0.1) is 12.8 Å². The summed E-state index contributed by atoms with van der Waals surface area (Å²) >= 11 is 0. The van der Waals surface area contributed by atoms with E-state index >= 15 is 0 Å². The molecule has 16 heavy (non-hydrogen) atoms. The minimum atomic E-state index is -1.00. The monoisotopic (exact) mass is 222 g/mol. The molecule has 86 valence electrons. The van der Waals surface area contributed by atoms with Crippen LogP contribution in [-0.4, -0.2) is 17.0 Å². The zero-order valence-corrected chi connectivity index (χ0v) is 9.32. The maximum atomic E-state index is 11.3. The van der Waals surface area contributed by atoms with Crippen molar-refractivity contribution in [3.05, 3.63) is 29.3 Å². The minimum Gasteiger partial charge on any atom is -0.481 e. The Labute approximate surface area is 93.9 Å². The lowest BCUT2D eigenvalue weighted by Gasteiger charge is -2.08. The van der Waals surface area contributed by atoms with Gasteiger partial charge in [0, 0.05) is 0 Å². The Kier molecular flexibility index (Phi) is 4.05. The second-order valence-corrected chi connectivity index (χ2v) is 3.57. The second-order valence-electron chi connectivity index (χ2n) is 3.57. The molecule has 0 unspecified atom stereocenters. The number of hydrogen-bond acceptors (Lipinski definition) is 3. The van der Waals surface area contributed by atoms with Gasteiger partial charge in [-0.05, 0) is 31.0 Å². The molecule has 4 nitrogen and oxygen atoms in total. The molecule has 0 aliphatic heterocycles. The first kappa shape index (κ1) is 12.2. The lowest BCUT2D eigenvalue weighted by Crippen LogP contribution is -2.11. The molecule has 0 amide bonds. The van der Waals surface area contributed by atoms with Crippen LogP contribution in [0, 0.1) is 13.8 Å². The van der Waals surface area contributed by atoms with Crippen molar-refractivity contribution in [2.45, 2.75) is 26.7 Å². The number of aliphatic carboxylic acids is 1. The fourth-order valence-electron chi connectivity index (χ4n) is 1.22. The average Bonchev–Trinajstić information content (AvgIpc) is 2.22. The number of rotatable bonds is 4. The number of carboxylic acid groups (broad SMARTS) is 1. The summed E-state index contributed by atoms with van der Waals surface area (Å²) in [6, 6.07) is 5.41. The van der Waals surface area contributed by atoms with Crippen molar-refractivity contribution in [3.8, 4) is 5.75 Å².